The van der Waals surface area contributed by atoms with Crippen LogP contribution >= 0.6 is 11.3 Å². The van der Waals surface area contributed by atoms with Crippen LogP contribution < -0.4 is 0 Å². The number of rotatable bonds is 4. The number of carbonyl (C=O) groups is 1. The second-order valence-electron chi connectivity index (χ2n) is 6.12. The highest BCUT2D eigenvalue weighted by atomic mass is 32.1. The zero-order valence-electron chi connectivity index (χ0n) is 13.7. The maximum atomic E-state index is 12.7. The highest BCUT2D eigenvalue weighted by Crippen LogP contribution is 2.26. The average molecular weight is 334 g/mol. The first kappa shape index (κ1) is 16.1. The van der Waals surface area contributed by atoms with Crippen molar-refractivity contribution < 1.29 is 4.79 Å². The number of hydrogen-bond acceptors (Lipinski definition) is 6. The Kier molecular flexibility index (Phi) is 4.72. The molecule has 0 radical (unpaired) electrons. The van der Waals surface area contributed by atoms with Gasteiger partial charge in [0, 0.05) is 32.1 Å². The number of thiazole rings is 1. The molecule has 0 aromatic carbocycles. The van der Waals surface area contributed by atoms with Crippen LogP contribution in [0.2, 0.25) is 0 Å². The number of piperazine rings is 1. The zero-order valence-corrected chi connectivity index (χ0v) is 14.6. The fourth-order valence-electron chi connectivity index (χ4n) is 2.63. The van der Waals surface area contributed by atoms with Gasteiger partial charge in [0.2, 0.25) is 0 Å². The van der Waals surface area contributed by atoms with E-state index in [-0.39, 0.29) is 5.91 Å². The smallest absolute Gasteiger partial charge is 0.265 e. The minimum atomic E-state index is 0.117. The Morgan fingerprint density at radius 3 is 2.65 bits per heavy atom. The molecule has 7 nitrogen and oxygen atoms in total. The quantitative estimate of drug-likeness (QED) is 0.920. The van der Waals surface area contributed by atoms with Crippen molar-refractivity contribution in [3.63, 3.8) is 0 Å². The number of carbonyl (C=O) groups excluding carboxylic acids is 1. The first-order chi connectivity index (χ1) is 11.0. The first-order valence-corrected chi connectivity index (χ1v) is 8.69. The molecule has 1 N–H and O–H groups in total. The van der Waals surface area contributed by atoms with Crippen molar-refractivity contribution in [3.8, 4) is 0 Å². The Bertz CT molecular complexity index is 658. The monoisotopic (exact) mass is 334 g/mol. The number of aromatic nitrogens is 4. The molecule has 3 rings (SSSR count). The lowest BCUT2D eigenvalue weighted by Crippen LogP contribution is -2.48. The van der Waals surface area contributed by atoms with E-state index in [1.807, 2.05) is 11.8 Å². The van der Waals surface area contributed by atoms with Crippen molar-refractivity contribution in [2.45, 2.75) is 33.2 Å². The topological polar surface area (TPSA) is 78.0 Å². The lowest BCUT2D eigenvalue weighted by molar-refractivity contribution is 0.0629. The van der Waals surface area contributed by atoms with Gasteiger partial charge in [-0.1, -0.05) is 13.8 Å². The van der Waals surface area contributed by atoms with Gasteiger partial charge in [0.1, 0.15) is 17.0 Å². The summed E-state index contributed by atoms with van der Waals surface area (Å²) in [6.07, 6.45) is 1.52. The number of nitrogens with one attached hydrogen (secondary N) is 1. The predicted octanol–water partition coefficient (Wildman–Crippen LogP) is 1.65. The number of H-pyrrole nitrogens is 1. The van der Waals surface area contributed by atoms with Crippen LogP contribution in [0.3, 0.4) is 0 Å². The lowest BCUT2D eigenvalue weighted by Gasteiger charge is -2.34. The van der Waals surface area contributed by atoms with Crippen molar-refractivity contribution in [2.75, 3.05) is 26.2 Å². The molecular formula is C15H22N6OS. The molecule has 1 saturated heterocycles. The average Bonchev–Trinajstić information content (AvgIpc) is 3.17. The van der Waals surface area contributed by atoms with Crippen LogP contribution in [0.15, 0.2) is 6.33 Å². The fourth-order valence-corrected chi connectivity index (χ4v) is 3.67. The summed E-state index contributed by atoms with van der Waals surface area (Å²) >= 11 is 1.53. The molecule has 2 aromatic heterocycles. The van der Waals surface area contributed by atoms with E-state index in [0.29, 0.717) is 5.92 Å². The number of amides is 1. The minimum Gasteiger partial charge on any atom is -0.335 e. The lowest BCUT2D eigenvalue weighted by atomic mass is 10.2. The Labute approximate surface area is 139 Å². The van der Waals surface area contributed by atoms with E-state index in [4.69, 9.17) is 0 Å². The molecule has 23 heavy (non-hydrogen) atoms. The van der Waals surface area contributed by atoms with Crippen molar-refractivity contribution in [2.24, 2.45) is 0 Å². The highest BCUT2D eigenvalue weighted by Gasteiger charge is 2.26. The molecule has 0 atom stereocenters. The normalized spacial score (nSPS) is 16.3. The Morgan fingerprint density at radius 1 is 1.35 bits per heavy atom. The third-order valence-electron chi connectivity index (χ3n) is 4.00. The van der Waals surface area contributed by atoms with Gasteiger partial charge in [0.15, 0.2) is 0 Å². The second kappa shape index (κ2) is 6.76. The number of aromatic amines is 1. The summed E-state index contributed by atoms with van der Waals surface area (Å²) in [6, 6.07) is 0. The van der Waals surface area contributed by atoms with Crippen LogP contribution in [0.4, 0.5) is 0 Å². The molecule has 2 aromatic rings. The summed E-state index contributed by atoms with van der Waals surface area (Å²) in [5.41, 5.74) is 0.854. The van der Waals surface area contributed by atoms with Crippen molar-refractivity contribution >= 4 is 17.2 Å². The number of nitrogens with zero attached hydrogens (tertiary/aromatic N) is 5. The van der Waals surface area contributed by atoms with Crippen LogP contribution in [-0.2, 0) is 6.54 Å². The predicted molar refractivity (Wildman–Crippen MR) is 88.5 cm³/mol. The van der Waals surface area contributed by atoms with Crippen molar-refractivity contribution in [1.29, 1.82) is 0 Å². The molecule has 1 aliphatic heterocycles. The summed E-state index contributed by atoms with van der Waals surface area (Å²) in [5, 5.41) is 7.78. The van der Waals surface area contributed by atoms with Crippen LogP contribution in [0.5, 0.6) is 0 Å². The van der Waals surface area contributed by atoms with E-state index in [1.165, 1.54) is 17.7 Å². The second-order valence-corrected chi connectivity index (χ2v) is 7.15. The molecule has 8 heteroatoms. The largest absolute Gasteiger partial charge is 0.335 e. The van der Waals surface area contributed by atoms with E-state index >= 15 is 0 Å². The first-order valence-electron chi connectivity index (χ1n) is 7.87. The maximum absolute atomic E-state index is 12.7. The molecule has 0 bridgehead atoms. The molecule has 0 unspecified atom stereocenters. The SMILES string of the molecule is Cc1nc(C(C)C)sc1C(=O)N1CCN(Cc2ncn[nH]2)CC1. The van der Waals surface area contributed by atoms with E-state index in [2.05, 4.69) is 38.9 Å². The van der Waals surface area contributed by atoms with Crippen molar-refractivity contribution in [3.05, 3.63) is 27.7 Å². The van der Waals surface area contributed by atoms with Gasteiger partial charge in [-0.15, -0.1) is 11.3 Å². The molecule has 1 fully saturated rings. The highest BCUT2D eigenvalue weighted by molar-refractivity contribution is 7.13. The molecule has 124 valence electrons. The summed E-state index contributed by atoms with van der Waals surface area (Å²) in [5.74, 6) is 1.34. The molecule has 0 saturated carbocycles. The third kappa shape index (κ3) is 3.59. The van der Waals surface area contributed by atoms with E-state index in [9.17, 15) is 4.79 Å². The Morgan fingerprint density at radius 2 is 2.09 bits per heavy atom. The standard InChI is InChI=1S/C15H22N6OS/c1-10(2)14-18-11(3)13(23-14)15(22)21-6-4-20(5-7-21)8-12-16-9-17-19-12/h9-10H,4-8H2,1-3H3,(H,16,17,19). The third-order valence-corrected chi connectivity index (χ3v) is 5.45. The van der Waals surface area contributed by atoms with Gasteiger partial charge in [-0.25, -0.2) is 9.97 Å². The van der Waals surface area contributed by atoms with Crippen LogP contribution in [0, 0.1) is 6.92 Å². The molecule has 0 spiro atoms. The van der Waals surface area contributed by atoms with E-state index in [1.54, 1.807) is 0 Å². The van der Waals surface area contributed by atoms with Crippen molar-refractivity contribution in [1.82, 2.24) is 30.0 Å². The fraction of sp³-hybridized carbons (Fsp3) is 0.600. The summed E-state index contributed by atoms with van der Waals surface area (Å²) in [7, 11) is 0. The summed E-state index contributed by atoms with van der Waals surface area (Å²) in [4.78, 5) is 26.4. The van der Waals surface area contributed by atoms with E-state index in [0.717, 1.165) is 54.1 Å². The summed E-state index contributed by atoms with van der Waals surface area (Å²) < 4.78 is 0. The van der Waals surface area contributed by atoms with Gasteiger partial charge in [-0.3, -0.25) is 14.8 Å². The molecule has 1 amide bonds. The van der Waals surface area contributed by atoms with Gasteiger partial charge in [0.25, 0.3) is 5.91 Å². The molecular weight excluding hydrogens is 312 g/mol. The van der Waals surface area contributed by atoms with Gasteiger partial charge < -0.3 is 4.90 Å². The van der Waals surface area contributed by atoms with Crippen LogP contribution in [0.25, 0.3) is 0 Å². The molecule has 1 aliphatic rings. The Hall–Kier alpha value is -1.80. The number of aryl methyl sites for hydroxylation is 1. The van der Waals surface area contributed by atoms with Crippen LogP contribution in [0.1, 0.15) is 46.0 Å². The van der Waals surface area contributed by atoms with Crippen LogP contribution in [-0.4, -0.2) is 62.1 Å². The Balaban J connectivity index is 1.60. The summed E-state index contributed by atoms with van der Waals surface area (Å²) in [6.45, 7) is 10.1. The molecule has 0 aliphatic carbocycles. The zero-order chi connectivity index (χ0) is 16.4. The van der Waals surface area contributed by atoms with Gasteiger partial charge in [0.05, 0.1) is 17.2 Å². The van der Waals surface area contributed by atoms with E-state index < -0.39 is 0 Å². The number of hydrogen-bond donors (Lipinski definition) is 1. The maximum Gasteiger partial charge on any atom is 0.265 e. The molecule has 3 heterocycles. The van der Waals surface area contributed by atoms with Gasteiger partial charge in [-0.2, -0.15) is 5.10 Å². The van der Waals surface area contributed by atoms with Gasteiger partial charge >= 0.3 is 0 Å². The minimum absolute atomic E-state index is 0.117. The van der Waals surface area contributed by atoms with Gasteiger partial charge in [-0.05, 0) is 6.92 Å².